The van der Waals surface area contributed by atoms with Gasteiger partial charge in [0.15, 0.2) is 5.17 Å². The Morgan fingerprint density at radius 1 is 1.41 bits per heavy atom. The van der Waals surface area contributed by atoms with Crippen LogP contribution in [0.5, 0.6) is 0 Å². The molecule has 0 aromatic rings. The Morgan fingerprint density at radius 3 is 2.94 bits per heavy atom. The van der Waals surface area contributed by atoms with Gasteiger partial charge >= 0.3 is 0 Å². The summed E-state index contributed by atoms with van der Waals surface area (Å²) in [6, 6.07) is 1.20. The Kier molecular flexibility index (Phi) is 4.70. The van der Waals surface area contributed by atoms with Gasteiger partial charge in [0.2, 0.25) is 0 Å². The summed E-state index contributed by atoms with van der Waals surface area (Å²) in [5, 5.41) is 4.64. The fourth-order valence-corrected chi connectivity index (χ4v) is 3.33. The van der Waals surface area contributed by atoms with Gasteiger partial charge in [-0.05, 0) is 20.5 Å². The van der Waals surface area contributed by atoms with E-state index in [0.29, 0.717) is 12.1 Å². The average molecular weight is 256 g/mol. The van der Waals surface area contributed by atoms with Crippen LogP contribution in [0.3, 0.4) is 0 Å². The van der Waals surface area contributed by atoms with E-state index in [1.807, 2.05) is 11.8 Å². The number of hydrogen-bond acceptors (Lipinski definition) is 4. The molecule has 0 spiro atoms. The molecule has 2 saturated heterocycles. The molecule has 2 atom stereocenters. The Balaban J connectivity index is 1.82. The van der Waals surface area contributed by atoms with Crippen LogP contribution in [0.15, 0.2) is 4.99 Å². The summed E-state index contributed by atoms with van der Waals surface area (Å²) in [5.41, 5.74) is 0. The molecule has 2 unspecified atom stereocenters. The van der Waals surface area contributed by atoms with E-state index in [2.05, 4.69) is 36.1 Å². The van der Waals surface area contributed by atoms with Gasteiger partial charge in [0.05, 0.1) is 6.54 Å². The molecule has 2 rings (SSSR count). The Morgan fingerprint density at radius 2 is 2.24 bits per heavy atom. The maximum absolute atomic E-state index is 4.73. The highest BCUT2D eigenvalue weighted by molar-refractivity contribution is 8.14. The first-order valence-electron chi connectivity index (χ1n) is 6.51. The van der Waals surface area contributed by atoms with Crippen molar-refractivity contribution in [1.82, 2.24) is 15.1 Å². The van der Waals surface area contributed by atoms with Crippen LogP contribution in [0.4, 0.5) is 0 Å². The van der Waals surface area contributed by atoms with Crippen LogP contribution in [0, 0.1) is 0 Å². The lowest BCUT2D eigenvalue weighted by Gasteiger charge is -2.36. The fourth-order valence-electron chi connectivity index (χ4n) is 2.24. The number of likely N-dealkylation sites (N-methyl/N-ethyl adjacent to an activating group) is 2. The summed E-state index contributed by atoms with van der Waals surface area (Å²) in [6.45, 7) is 6.62. The van der Waals surface area contributed by atoms with E-state index in [9.17, 15) is 0 Å². The first kappa shape index (κ1) is 13.2. The maximum Gasteiger partial charge on any atom is 0.156 e. The summed E-state index contributed by atoms with van der Waals surface area (Å²) in [4.78, 5) is 9.56. The number of thioether (sulfide) groups is 1. The van der Waals surface area contributed by atoms with Gasteiger partial charge in [0.25, 0.3) is 0 Å². The zero-order valence-corrected chi connectivity index (χ0v) is 12.0. The van der Waals surface area contributed by atoms with E-state index in [1.54, 1.807) is 0 Å². The van der Waals surface area contributed by atoms with Crippen molar-refractivity contribution < 1.29 is 0 Å². The summed E-state index contributed by atoms with van der Waals surface area (Å²) in [6.07, 6.45) is 1.19. The molecule has 4 nitrogen and oxygen atoms in total. The Bertz CT molecular complexity index is 282. The fraction of sp³-hybridized carbons (Fsp3) is 0.917. The van der Waals surface area contributed by atoms with E-state index < -0.39 is 0 Å². The van der Waals surface area contributed by atoms with Gasteiger partial charge in [-0.25, -0.2) is 0 Å². The van der Waals surface area contributed by atoms with E-state index in [1.165, 1.54) is 18.7 Å². The third kappa shape index (κ3) is 3.60. The van der Waals surface area contributed by atoms with Crippen molar-refractivity contribution in [1.29, 1.82) is 0 Å². The van der Waals surface area contributed by atoms with Crippen molar-refractivity contribution in [3.63, 3.8) is 0 Å². The SMILES string of the molecule is CCC1CSC(=NCC2CN(C)CCN2C)N1. The predicted molar refractivity (Wildman–Crippen MR) is 75.9 cm³/mol. The number of nitrogens with zero attached hydrogens (tertiary/aromatic N) is 3. The van der Waals surface area contributed by atoms with Crippen LogP contribution in [-0.2, 0) is 0 Å². The zero-order valence-electron chi connectivity index (χ0n) is 11.1. The van der Waals surface area contributed by atoms with Crippen LogP contribution in [0.25, 0.3) is 0 Å². The normalized spacial score (nSPS) is 34.2. The molecule has 98 valence electrons. The highest BCUT2D eigenvalue weighted by Crippen LogP contribution is 2.16. The summed E-state index contributed by atoms with van der Waals surface area (Å²) in [7, 11) is 4.41. The first-order valence-corrected chi connectivity index (χ1v) is 7.50. The molecule has 2 aliphatic rings. The second kappa shape index (κ2) is 6.07. The van der Waals surface area contributed by atoms with E-state index in [0.717, 1.165) is 24.8 Å². The van der Waals surface area contributed by atoms with Gasteiger partial charge in [0.1, 0.15) is 0 Å². The molecule has 2 heterocycles. The van der Waals surface area contributed by atoms with Crippen molar-refractivity contribution >= 4 is 16.9 Å². The molecular weight excluding hydrogens is 232 g/mol. The van der Waals surface area contributed by atoms with Crippen LogP contribution in [0.2, 0.25) is 0 Å². The monoisotopic (exact) mass is 256 g/mol. The second-order valence-electron chi connectivity index (χ2n) is 5.10. The lowest BCUT2D eigenvalue weighted by atomic mass is 10.2. The number of nitrogens with one attached hydrogen (secondary N) is 1. The molecule has 0 bridgehead atoms. The van der Waals surface area contributed by atoms with Gasteiger partial charge in [-0.15, -0.1) is 0 Å². The van der Waals surface area contributed by atoms with Gasteiger partial charge in [-0.1, -0.05) is 18.7 Å². The number of amidine groups is 1. The smallest absolute Gasteiger partial charge is 0.156 e. The van der Waals surface area contributed by atoms with E-state index >= 15 is 0 Å². The molecule has 0 saturated carbocycles. The molecule has 2 fully saturated rings. The van der Waals surface area contributed by atoms with E-state index in [4.69, 9.17) is 4.99 Å². The Labute approximate surface area is 109 Å². The minimum atomic E-state index is 0.573. The van der Waals surface area contributed by atoms with Crippen molar-refractivity contribution in [3.8, 4) is 0 Å². The largest absolute Gasteiger partial charge is 0.361 e. The van der Waals surface area contributed by atoms with Crippen LogP contribution in [-0.4, -0.2) is 73.1 Å². The predicted octanol–water partition coefficient (Wildman–Crippen LogP) is 0.703. The third-order valence-corrected chi connectivity index (χ3v) is 4.76. The molecule has 1 N–H and O–H groups in total. The molecule has 0 amide bonds. The molecule has 0 aliphatic carbocycles. The molecule has 0 aromatic carbocycles. The van der Waals surface area contributed by atoms with Crippen molar-refractivity contribution in [2.75, 3.05) is 46.0 Å². The molecule has 17 heavy (non-hydrogen) atoms. The average Bonchev–Trinajstić information content (AvgIpc) is 2.78. The number of piperazine rings is 1. The first-order chi connectivity index (χ1) is 8.19. The lowest BCUT2D eigenvalue weighted by Crippen LogP contribution is -2.51. The summed E-state index contributed by atoms with van der Waals surface area (Å²) < 4.78 is 0. The van der Waals surface area contributed by atoms with Gasteiger partial charge in [0, 0.05) is 37.5 Å². The van der Waals surface area contributed by atoms with Crippen LogP contribution < -0.4 is 5.32 Å². The minimum absolute atomic E-state index is 0.573. The number of hydrogen-bond donors (Lipinski definition) is 1. The highest BCUT2D eigenvalue weighted by atomic mass is 32.2. The van der Waals surface area contributed by atoms with Crippen LogP contribution in [0.1, 0.15) is 13.3 Å². The van der Waals surface area contributed by atoms with Gasteiger partial charge in [-0.2, -0.15) is 0 Å². The van der Waals surface area contributed by atoms with E-state index in [-0.39, 0.29) is 0 Å². The minimum Gasteiger partial charge on any atom is -0.361 e. The second-order valence-corrected chi connectivity index (χ2v) is 6.11. The highest BCUT2D eigenvalue weighted by Gasteiger charge is 2.23. The molecule has 5 heteroatoms. The standard InChI is InChI=1S/C12H24N4S/c1-4-10-9-17-12(14-10)13-7-11-8-15(2)5-6-16(11)3/h10-11H,4-9H2,1-3H3,(H,13,14). The molecular formula is C12H24N4S. The quantitative estimate of drug-likeness (QED) is 0.805. The lowest BCUT2D eigenvalue weighted by molar-refractivity contribution is 0.119. The van der Waals surface area contributed by atoms with Crippen molar-refractivity contribution in [3.05, 3.63) is 0 Å². The zero-order chi connectivity index (χ0) is 12.3. The van der Waals surface area contributed by atoms with Crippen molar-refractivity contribution in [2.24, 2.45) is 4.99 Å². The van der Waals surface area contributed by atoms with Crippen molar-refractivity contribution in [2.45, 2.75) is 25.4 Å². The summed E-state index contributed by atoms with van der Waals surface area (Å²) >= 11 is 1.87. The molecule has 0 aromatic heterocycles. The Hall–Kier alpha value is -0.260. The number of aliphatic imine (C=N–C) groups is 1. The third-order valence-electron chi connectivity index (χ3n) is 3.67. The topological polar surface area (TPSA) is 30.9 Å². The van der Waals surface area contributed by atoms with Gasteiger partial charge in [-0.3, -0.25) is 9.89 Å². The number of rotatable bonds is 3. The van der Waals surface area contributed by atoms with Gasteiger partial charge < -0.3 is 10.2 Å². The molecule has 0 radical (unpaired) electrons. The maximum atomic E-state index is 4.73. The summed E-state index contributed by atoms with van der Waals surface area (Å²) in [5.74, 6) is 1.18. The van der Waals surface area contributed by atoms with Crippen LogP contribution >= 0.6 is 11.8 Å². The molecule has 2 aliphatic heterocycles.